The maximum Gasteiger partial charge on any atom is 0.287 e. The maximum absolute atomic E-state index is 12.1. The van der Waals surface area contributed by atoms with E-state index in [4.69, 9.17) is 25.3 Å². The first-order valence-electron chi connectivity index (χ1n) is 8.80. The molecule has 0 aliphatic carbocycles. The Morgan fingerprint density at radius 3 is 2.41 bits per heavy atom. The number of nitrogens with one attached hydrogen (secondary N) is 1. The van der Waals surface area contributed by atoms with Gasteiger partial charge in [-0.05, 0) is 67.6 Å². The molecular formula is C21H16ClN3O4. The number of benzene rings is 2. The Morgan fingerprint density at radius 2 is 1.76 bits per heavy atom. The summed E-state index contributed by atoms with van der Waals surface area (Å²) >= 11 is 5.87. The van der Waals surface area contributed by atoms with Gasteiger partial charge in [0.05, 0.1) is 6.26 Å². The molecule has 0 aliphatic rings. The molecule has 0 radical (unpaired) electrons. The molecule has 0 saturated carbocycles. The largest absolute Gasteiger partial charge is 0.459 e. The summed E-state index contributed by atoms with van der Waals surface area (Å²) in [5.74, 6) is 1.92. The number of halogens is 1. The summed E-state index contributed by atoms with van der Waals surface area (Å²) in [5.41, 5.74) is 0.757. The van der Waals surface area contributed by atoms with Crippen molar-refractivity contribution < 1.29 is 18.5 Å². The van der Waals surface area contributed by atoms with Crippen LogP contribution in [0.4, 0.5) is 0 Å². The molecule has 7 nitrogen and oxygen atoms in total. The van der Waals surface area contributed by atoms with Gasteiger partial charge in [-0.3, -0.25) is 4.79 Å². The fourth-order valence-electron chi connectivity index (χ4n) is 2.58. The Morgan fingerprint density at radius 1 is 1.07 bits per heavy atom. The summed E-state index contributed by atoms with van der Waals surface area (Å²) in [6.45, 7) is 1.75. The fourth-order valence-corrected chi connectivity index (χ4v) is 2.70. The van der Waals surface area contributed by atoms with Crippen molar-refractivity contribution in [2.75, 3.05) is 0 Å². The lowest BCUT2D eigenvalue weighted by Gasteiger charge is -2.07. The zero-order valence-electron chi connectivity index (χ0n) is 15.3. The Kier molecular flexibility index (Phi) is 5.31. The SMILES string of the molecule is C[C@@H](NC(=O)c1ccco1)c1nc(-c2ccc(Oc3ccc(Cl)cc3)cc2)no1. The molecule has 2 aromatic carbocycles. The summed E-state index contributed by atoms with van der Waals surface area (Å²) in [4.78, 5) is 16.4. The third-order valence-electron chi connectivity index (χ3n) is 4.07. The summed E-state index contributed by atoms with van der Waals surface area (Å²) < 4.78 is 16.1. The molecule has 4 rings (SSSR count). The first-order valence-corrected chi connectivity index (χ1v) is 9.18. The molecule has 0 unspecified atom stereocenters. The fraction of sp³-hybridized carbons (Fsp3) is 0.0952. The highest BCUT2D eigenvalue weighted by Crippen LogP contribution is 2.26. The van der Waals surface area contributed by atoms with Gasteiger partial charge >= 0.3 is 0 Å². The number of amides is 1. The number of carbonyl (C=O) groups is 1. The molecule has 146 valence electrons. The van der Waals surface area contributed by atoms with E-state index in [-0.39, 0.29) is 11.7 Å². The Balaban J connectivity index is 1.42. The monoisotopic (exact) mass is 409 g/mol. The summed E-state index contributed by atoms with van der Waals surface area (Å²) in [6.07, 6.45) is 1.44. The minimum atomic E-state index is -0.471. The molecule has 1 atom stereocenters. The molecule has 2 heterocycles. The second kappa shape index (κ2) is 8.20. The van der Waals surface area contributed by atoms with Crippen molar-refractivity contribution >= 4 is 17.5 Å². The molecule has 29 heavy (non-hydrogen) atoms. The zero-order valence-corrected chi connectivity index (χ0v) is 16.1. The van der Waals surface area contributed by atoms with E-state index in [0.717, 1.165) is 5.56 Å². The number of hydrogen-bond donors (Lipinski definition) is 1. The molecule has 8 heteroatoms. The van der Waals surface area contributed by atoms with Crippen LogP contribution in [0, 0.1) is 0 Å². The highest BCUT2D eigenvalue weighted by atomic mass is 35.5. The molecular weight excluding hydrogens is 394 g/mol. The Labute approximate surface area is 171 Å². The van der Waals surface area contributed by atoms with Crippen LogP contribution in [0.1, 0.15) is 29.4 Å². The number of rotatable bonds is 6. The minimum absolute atomic E-state index is 0.216. The molecule has 4 aromatic rings. The van der Waals surface area contributed by atoms with E-state index in [1.807, 2.05) is 24.3 Å². The van der Waals surface area contributed by atoms with E-state index in [1.54, 1.807) is 43.3 Å². The van der Waals surface area contributed by atoms with Gasteiger partial charge in [0, 0.05) is 10.6 Å². The van der Waals surface area contributed by atoms with Gasteiger partial charge in [0.2, 0.25) is 11.7 Å². The number of ether oxygens (including phenoxy) is 1. The number of carbonyl (C=O) groups excluding carboxylic acids is 1. The van der Waals surface area contributed by atoms with E-state index >= 15 is 0 Å². The van der Waals surface area contributed by atoms with Crippen LogP contribution in [0.2, 0.25) is 5.02 Å². The first kappa shape index (κ1) is 18.8. The van der Waals surface area contributed by atoms with Crippen molar-refractivity contribution in [3.63, 3.8) is 0 Å². The van der Waals surface area contributed by atoms with Crippen molar-refractivity contribution in [1.82, 2.24) is 15.5 Å². The Hall–Kier alpha value is -3.58. The lowest BCUT2D eigenvalue weighted by Crippen LogP contribution is -2.26. The van der Waals surface area contributed by atoms with Crippen LogP contribution in [-0.4, -0.2) is 16.0 Å². The highest BCUT2D eigenvalue weighted by Gasteiger charge is 2.19. The number of nitrogens with zero attached hydrogens (tertiary/aromatic N) is 2. The molecule has 0 bridgehead atoms. The average molecular weight is 410 g/mol. The zero-order chi connectivity index (χ0) is 20.2. The van der Waals surface area contributed by atoms with Gasteiger partial charge < -0.3 is 19.0 Å². The van der Waals surface area contributed by atoms with E-state index in [1.165, 1.54) is 6.26 Å². The normalized spacial score (nSPS) is 11.8. The molecule has 2 aromatic heterocycles. The van der Waals surface area contributed by atoms with Crippen LogP contribution >= 0.6 is 11.6 Å². The molecule has 0 fully saturated rings. The average Bonchev–Trinajstić information content (AvgIpc) is 3.43. The number of furan rings is 1. The van der Waals surface area contributed by atoms with E-state index < -0.39 is 6.04 Å². The third kappa shape index (κ3) is 4.47. The minimum Gasteiger partial charge on any atom is -0.459 e. The van der Waals surface area contributed by atoms with Crippen LogP contribution in [0.3, 0.4) is 0 Å². The number of aromatic nitrogens is 2. The third-order valence-corrected chi connectivity index (χ3v) is 4.32. The lowest BCUT2D eigenvalue weighted by atomic mass is 10.2. The molecule has 0 aliphatic heterocycles. The van der Waals surface area contributed by atoms with E-state index in [2.05, 4.69) is 15.5 Å². The van der Waals surface area contributed by atoms with Gasteiger partial charge in [-0.1, -0.05) is 16.8 Å². The van der Waals surface area contributed by atoms with E-state index in [9.17, 15) is 4.79 Å². The van der Waals surface area contributed by atoms with Crippen molar-refractivity contribution in [2.24, 2.45) is 0 Å². The van der Waals surface area contributed by atoms with Gasteiger partial charge in [-0.2, -0.15) is 4.98 Å². The van der Waals surface area contributed by atoms with Gasteiger partial charge in [0.15, 0.2) is 5.76 Å². The second-order valence-electron chi connectivity index (χ2n) is 6.21. The smallest absolute Gasteiger partial charge is 0.287 e. The molecule has 1 amide bonds. The quantitative estimate of drug-likeness (QED) is 0.466. The number of hydrogen-bond acceptors (Lipinski definition) is 6. The van der Waals surface area contributed by atoms with Gasteiger partial charge in [0.1, 0.15) is 17.5 Å². The van der Waals surface area contributed by atoms with Gasteiger partial charge in [-0.15, -0.1) is 0 Å². The van der Waals surface area contributed by atoms with Crippen molar-refractivity contribution in [2.45, 2.75) is 13.0 Å². The predicted octanol–water partition coefficient (Wildman–Crippen LogP) is 5.27. The second-order valence-corrected chi connectivity index (χ2v) is 6.65. The van der Waals surface area contributed by atoms with Gasteiger partial charge in [0.25, 0.3) is 5.91 Å². The lowest BCUT2D eigenvalue weighted by molar-refractivity contribution is 0.0904. The van der Waals surface area contributed by atoms with Crippen LogP contribution in [-0.2, 0) is 0 Å². The summed E-state index contributed by atoms with van der Waals surface area (Å²) in [7, 11) is 0. The van der Waals surface area contributed by atoms with Crippen molar-refractivity contribution in [1.29, 1.82) is 0 Å². The van der Waals surface area contributed by atoms with Crippen LogP contribution in [0.25, 0.3) is 11.4 Å². The van der Waals surface area contributed by atoms with E-state index in [0.29, 0.717) is 28.2 Å². The van der Waals surface area contributed by atoms with Crippen LogP contribution in [0.15, 0.2) is 75.9 Å². The topological polar surface area (TPSA) is 90.4 Å². The summed E-state index contributed by atoms with van der Waals surface area (Å²) in [6, 6.07) is 17.1. The van der Waals surface area contributed by atoms with Crippen molar-refractivity contribution in [3.8, 4) is 22.9 Å². The first-order chi connectivity index (χ1) is 14.1. The maximum atomic E-state index is 12.1. The highest BCUT2D eigenvalue weighted by molar-refractivity contribution is 6.30. The summed E-state index contributed by atoms with van der Waals surface area (Å²) in [5, 5.41) is 7.38. The molecule has 0 spiro atoms. The standard InChI is InChI=1S/C21H16ClN3O4/c1-13(23-20(26)18-3-2-12-27-18)21-24-19(25-29-21)14-4-8-16(9-5-14)28-17-10-6-15(22)7-11-17/h2-13H,1H3,(H,23,26)/t13-/m1/s1. The predicted molar refractivity (Wildman–Crippen MR) is 106 cm³/mol. The van der Waals surface area contributed by atoms with Gasteiger partial charge in [-0.25, -0.2) is 0 Å². The van der Waals surface area contributed by atoms with Crippen LogP contribution in [0.5, 0.6) is 11.5 Å². The van der Waals surface area contributed by atoms with Crippen molar-refractivity contribution in [3.05, 3.63) is 83.6 Å². The molecule has 0 saturated heterocycles. The van der Waals surface area contributed by atoms with Crippen LogP contribution < -0.4 is 10.1 Å². The Bertz CT molecular complexity index is 1090. The molecule has 1 N–H and O–H groups in total.